The fourth-order valence-electron chi connectivity index (χ4n) is 0.726. The average Bonchev–Trinajstić information content (AvgIpc) is 2.07. The third-order valence-corrected chi connectivity index (χ3v) is 1.22. The molecule has 60 valence electrons. The summed E-state index contributed by atoms with van der Waals surface area (Å²) in [4.78, 5) is 7.98. The molecule has 3 heteroatoms. The molecule has 0 aliphatic carbocycles. The highest BCUT2D eigenvalue weighted by Gasteiger charge is 1.91. The molecule has 0 saturated carbocycles. The third-order valence-electron chi connectivity index (χ3n) is 1.22. The van der Waals surface area contributed by atoms with E-state index in [1.165, 1.54) is 0 Å². The predicted octanol–water partition coefficient (Wildman–Crippen LogP) is 1.40. The molecule has 1 aromatic heterocycles. The van der Waals surface area contributed by atoms with E-state index in [9.17, 15) is 0 Å². The van der Waals surface area contributed by atoms with Crippen molar-refractivity contribution in [2.24, 2.45) is 0 Å². The van der Waals surface area contributed by atoms with E-state index in [1.807, 2.05) is 0 Å². The van der Waals surface area contributed by atoms with Gasteiger partial charge in [0.2, 0.25) is 0 Å². The molecule has 0 atom stereocenters. The maximum absolute atomic E-state index is 5.27. The highest BCUT2D eigenvalue weighted by Crippen LogP contribution is 1.93. The SMILES string of the molecule is CCCOCc1cnccn1. The number of aromatic nitrogens is 2. The molecule has 0 unspecified atom stereocenters. The maximum atomic E-state index is 5.27. The summed E-state index contributed by atoms with van der Waals surface area (Å²) in [7, 11) is 0. The van der Waals surface area contributed by atoms with Crippen LogP contribution in [0, 0.1) is 0 Å². The van der Waals surface area contributed by atoms with Crippen molar-refractivity contribution in [1.29, 1.82) is 0 Å². The summed E-state index contributed by atoms with van der Waals surface area (Å²) in [6.45, 7) is 3.44. The minimum absolute atomic E-state index is 0.571. The monoisotopic (exact) mass is 152 g/mol. The van der Waals surface area contributed by atoms with Gasteiger partial charge in [-0.15, -0.1) is 0 Å². The van der Waals surface area contributed by atoms with Crippen LogP contribution in [-0.2, 0) is 11.3 Å². The Labute approximate surface area is 66.4 Å². The Morgan fingerprint density at radius 1 is 1.45 bits per heavy atom. The van der Waals surface area contributed by atoms with Crippen molar-refractivity contribution < 1.29 is 4.74 Å². The smallest absolute Gasteiger partial charge is 0.0903 e. The number of nitrogens with zero attached hydrogens (tertiary/aromatic N) is 2. The molecule has 0 radical (unpaired) electrons. The number of hydrogen-bond donors (Lipinski definition) is 0. The molecule has 0 spiro atoms. The predicted molar refractivity (Wildman–Crippen MR) is 42.0 cm³/mol. The van der Waals surface area contributed by atoms with E-state index in [-0.39, 0.29) is 0 Å². The van der Waals surface area contributed by atoms with Crippen molar-refractivity contribution in [3.63, 3.8) is 0 Å². The molecule has 11 heavy (non-hydrogen) atoms. The summed E-state index contributed by atoms with van der Waals surface area (Å²) >= 11 is 0. The summed E-state index contributed by atoms with van der Waals surface area (Å²) in [5.41, 5.74) is 0.890. The zero-order valence-corrected chi connectivity index (χ0v) is 6.66. The van der Waals surface area contributed by atoms with Crippen LogP contribution in [0.15, 0.2) is 18.6 Å². The van der Waals surface area contributed by atoms with Crippen molar-refractivity contribution in [2.45, 2.75) is 20.0 Å². The van der Waals surface area contributed by atoms with E-state index in [0.29, 0.717) is 6.61 Å². The van der Waals surface area contributed by atoms with Crippen molar-refractivity contribution in [1.82, 2.24) is 9.97 Å². The lowest BCUT2D eigenvalue weighted by Gasteiger charge is -1.99. The lowest BCUT2D eigenvalue weighted by atomic mass is 10.5. The van der Waals surface area contributed by atoms with Gasteiger partial charge in [0.05, 0.1) is 18.5 Å². The topological polar surface area (TPSA) is 35.0 Å². The molecule has 1 aromatic rings. The fraction of sp³-hybridized carbons (Fsp3) is 0.500. The molecule has 3 nitrogen and oxygen atoms in total. The molecule has 0 aromatic carbocycles. The van der Waals surface area contributed by atoms with E-state index >= 15 is 0 Å². The van der Waals surface area contributed by atoms with E-state index in [0.717, 1.165) is 18.7 Å². The van der Waals surface area contributed by atoms with Crippen molar-refractivity contribution in [3.05, 3.63) is 24.3 Å². The highest BCUT2D eigenvalue weighted by atomic mass is 16.5. The Morgan fingerprint density at radius 3 is 3.00 bits per heavy atom. The minimum Gasteiger partial charge on any atom is -0.375 e. The first-order valence-corrected chi connectivity index (χ1v) is 3.76. The molecular weight excluding hydrogens is 140 g/mol. The maximum Gasteiger partial charge on any atom is 0.0903 e. The van der Waals surface area contributed by atoms with Gasteiger partial charge in [0.25, 0.3) is 0 Å². The summed E-state index contributed by atoms with van der Waals surface area (Å²) in [6.07, 6.45) is 6.09. The Hall–Kier alpha value is -0.960. The van der Waals surface area contributed by atoms with Gasteiger partial charge in [-0.1, -0.05) is 6.92 Å². The van der Waals surface area contributed by atoms with Crippen molar-refractivity contribution in [3.8, 4) is 0 Å². The van der Waals surface area contributed by atoms with Crippen LogP contribution in [0.1, 0.15) is 19.0 Å². The quantitative estimate of drug-likeness (QED) is 0.612. The van der Waals surface area contributed by atoms with E-state index in [2.05, 4.69) is 16.9 Å². The number of ether oxygens (including phenoxy) is 1. The van der Waals surface area contributed by atoms with Crippen LogP contribution in [0.3, 0.4) is 0 Å². The largest absolute Gasteiger partial charge is 0.375 e. The Balaban J connectivity index is 2.28. The van der Waals surface area contributed by atoms with Crippen LogP contribution in [0.4, 0.5) is 0 Å². The second-order valence-corrected chi connectivity index (χ2v) is 2.25. The summed E-state index contributed by atoms with van der Waals surface area (Å²) in [5.74, 6) is 0. The van der Waals surface area contributed by atoms with Gasteiger partial charge in [0, 0.05) is 19.0 Å². The standard InChI is InChI=1S/C8H12N2O/c1-2-5-11-7-8-6-9-3-4-10-8/h3-4,6H,2,5,7H2,1H3. The molecule has 0 amide bonds. The lowest BCUT2D eigenvalue weighted by Crippen LogP contribution is -1.96. The number of hydrogen-bond acceptors (Lipinski definition) is 3. The first kappa shape index (κ1) is 8.14. The zero-order chi connectivity index (χ0) is 7.94. The second-order valence-electron chi connectivity index (χ2n) is 2.25. The van der Waals surface area contributed by atoms with Crippen LogP contribution in [0.2, 0.25) is 0 Å². The van der Waals surface area contributed by atoms with Crippen LogP contribution >= 0.6 is 0 Å². The van der Waals surface area contributed by atoms with Gasteiger partial charge in [-0.25, -0.2) is 0 Å². The third kappa shape index (κ3) is 3.09. The van der Waals surface area contributed by atoms with Gasteiger partial charge < -0.3 is 4.74 Å². The van der Waals surface area contributed by atoms with Crippen LogP contribution < -0.4 is 0 Å². The lowest BCUT2D eigenvalue weighted by molar-refractivity contribution is 0.118. The van der Waals surface area contributed by atoms with Gasteiger partial charge in [0.1, 0.15) is 0 Å². The highest BCUT2D eigenvalue weighted by molar-refractivity contribution is 4.91. The first-order valence-electron chi connectivity index (χ1n) is 3.76. The molecule has 0 aliphatic heterocycles. The van der Waals surface area contributed by atoms with Crippen LogP contribution in [0.5, 0.6) is 0 Å². The molecule has 0 fully saturated rings. The van der Waals surface area contributed by atoms with Gasteiger partial charge in [-0.2, -0.15) is 0 Å². The molecule has 0 N–H and O–H groups in total. The molecule has 0 bridgehead atoms. The zero-order valence-electron chi connectivity index (χ0n) is 6.66. The van der Waals surface area contributed by atoms with Crippen molar-refractivity contribution in [2.75, 3.05) is 6.61 Å². The van der Waals surface area contributed by atoms with E-state index < -0.39 is 0 Å². The molecule has 1 rings (SSSR count). The van der Waals surface area contributed by atoms with Gasteiger partial charge in [-0.05, 0) is 6.42 Å². The Kier molecular flexibility index (Phi) is 3.55. The van der Waals surface area contributed by atoms with E-state index in [4.69, 9.17) is 4.74 Å². The molecule has 0 aliphatic rings. The van der Waals surface area contributed by atoms with Crippen LogP contribution in [0.25, 0.3) is 0 Å². The second kappa shape index (κ2) is 4.79. The molecule has 1 heterocycles. The summed E-state index contributed by atoms with van der Waals surface area (Å²) < 4.78 is 5.27. The van der Waals surface area contributed by atoms with E-state index in [1.54, 1.807) is 18.6 Å². The summed E-state index contributed by atoms with van der Waals surface area (Å²) in [6, 6.07) is 0. The molecular formula is C8H12N2O. The van der Waals surface area contributed by atoms with Gasteiger partial charge in [-0.3, -0.25) is 9.97 Å². The summed E-state index contributed by atoms with van der Waals surface area (Å²) in [5, 5.41) is 0. The van der Waals surface area contributed by atoms with Crippen molar-refractivity contribution >= 4 is 0 Å². The minimum atomic E-state index is 0.571. The van der Waals surface area contributed by atoms with Gasteiger partial charge in [0.15, 0.2) is 0 Å². The first-order chi connectivity index (χ1) is 5.43. The molecule has 0 saturated heterocycles. The Morgan fingerprint density at radius 2 is 2.36 bits per heavy atom. The number of rotatable bonds is 4. The Bertz CT molecular complexity index is 189. The average molecular weight is 152 g/mol. The van der Waals surface area contributed by atoms with Crippen LogP contribution in [-0.4, -0.2) is 16.6 Å². The fourth-order valence-corrected chi connectivity index (χ4v) is 0.726. The van der Waals surface area contributed by atoms with Gasteiger partial charge >= 0.3 is 0 Å². The normalized spacial score (nSPS) is 9.91.